The summed E-state index contributed by atoms with van der Waals surface area (Å²) in [5, 5.41) is 14.6. The van der Waals surface area contributed by atoms with E-state index in [4.69, 9.17) is 0 Å². The average molecular weight is 279 g/mol. The third-order valence-corrected chi connectivity index (χ3v) is 5.83. The lowest BCUT2D eigenvalue weighted by Gasteiger charge is -2.19. The zero-order valence-electron chi connectivity index (χ0n) is 11.9. The Bertz CT molecular complexity index is 404. The van der Waals surface area contributed by atoms with Gasteiger partial charge in [0.05, 0.1) is 0 Å². The highest BCUT2D eigenvalue weighted by Gasteiger charge is 2.39. The molecule has 0 aliphatic heterocycles. The van der Waals surface area contributed by atoms with Gasteiger partial charge in [0.15, 0.2) is 0 Å². The summed E-state index contributed by atoms with van der Waals surface area (Å²) in [5.74, 6) is 2.97. The van der Waals surface area contributed by atoms with Crippen molar-refractivity contribution >= 4 is 11.3 Å². The second kappa shape index (κ2) is 6.31. The van der Waals surface area contributed by atoms with Crippen LogP contribution >= 0.6 is 11.3 Å². The van der Waals surface area contributed by atoms with E-state index in [1.165, 1.54) is 48.5 Å². The van der Waals surface area contributed by atoms with E-state index in [1.807, 2.05) is 11.3 Å². The van der Waals surface area contributed by atoms with Crippen LogP contribution in [0, 0.1) is 17.8 Å². The first-order chi connectivity index (χ1) is 9.35. The van der Waals surface area contributed by atoms with Gasteiger partial charge in [0, 0.05) is 12.8 Å². The summed E-state index contributed by atoms with van der Waals surface area (Å²) >= 11 is 1.86. The molecular weight excluding hydrogens is 254 g/mol. The number of fused-ring (bicyclic) bond motifs is 2. The molecule has 2 aliphatic carbocycles. The largest absolute Gasteiger partial charge is 0.317 e. The monoisotopic (exact) mass is 279 g/mol. The molecule has 2 saturated carbocycles. The summed E-state index contributed by atoms with van der Waals surface area (Å²) in [6.45, 7) is 4.31. The quantitative estimate of drug-likeness (QED) is 0.780. The van der Waals surface area contributed by atoms with Crippen LogP contribution < -0.4 is 5.32 Å². The molecule has 0 radical (unpaired) electrons. The number of aryl methyl sites for hydroxylation is 1. The minimum absolute atomic E-state index is 0.918. The fourth-order valence-electron chi connectivity index (χ4n) is 3.86. The predicted molar refractivity (Wildman–Crippen MR) is 79.4 cm³/mol. The zero-order chi connectivity index (χ0) is 13.1. The van der Waals surface area contributed by atoms with Crippen LogP contribution in [0.3, 0.4) is 0 Å². The van der Waals surface area contributed by atoms with Gasteiger partial charge in [-0.3, -0.25) is 0 Å². The van der Waals surface area contributed by atoms with Crippen molar-refractivity contribution in [2.24, 2.45) is 17.8 Å². The number of hydrogen-bond donors (Lipinski definition) is 1. The summed E-state index contributed by atoms with van der Waals surface area (Å²) in [4.78, 5) is 0. The van der Waals surface area contributed by atoms with Gasteiger partial charge in [-0.1, -0.05) is 13.3 Å². The maximum atomic E-state index is 4.41. The van der Waals surface area contributed by atoms with Crippen LogP contribution in [0.4, 0.5) is 0 Å². The molecule has 3 rings (SSSR count). The summed E-state index contributed by atoms with van der Waals surface area (Å²) in [6, 6.07) is 0. The Balaban J connectivity index is 1.45. The van der Waals surface area contributed by atoms with Crippen molar-refractivity contribution < 1.29 is 0 Å². The predicted octanol–water partition coefficient (Wildman–Crippen LogP) is 3.06. The third-order valence-electron chi connectivity index (χ3n) is 4.82. The molecule has 1 heterocycles. The molecule has 3 nitrogen and oxygen atoms in total. The van der Waals surface area contributed by atoms with Crippen molar-refractivity contribution in [3.63, 3.8) is 0 Å². The Kier molecular flexibility index (Phi) is 4.49. The summed E-state index contributed by atoms with van der Waals surface area (Å²) < 4.78 is 0. The average Bonchev–Trinajstić information content (AvgIpc) is 3.11. The van der Waals surface area contributed by atoms with E-state index in [-0.39, 0.29) is 0 Å². The molecule has 0 amide bonds. The highest BCUT2D eigenvalue weighted by atomic mass is 32.1. The lowest BCUT2D eigenvalue weighted by atomic mass is 9.87. The van der Waals surface area contributed by atoms with Crippen LogP contribution in [0.25, 0.3) is 0 Å². The van der Waals surface area contributed by atoms with Gasteiger partial charge in [0.25, 0.3) is 0 Å². The van der Waals surface area contributed by atoms with E-state index in [1.54, 1.807) is 0 Å². The molecule has 3 atom stereocenters. The first kappa shape index (κ1) is 13.5. The second-order valence-electron chi connectivity index (χ2n) is 6.19. The molecule has 2 bridgehead atoms. The topological polar surface area (TPSA) is 37.8 Å². The van der Waals surface area contributed by atoms with Crippen molar-refractivity contribution in [1.29, 1.82) is 0 Å². The number of nitrogens with one attached hydrogen (secondary N) is 1. The summed E-state index contributed by atoms with van der Waals surface area (Å²) in [6.07, 6.45) is 9.39. The molecule has 19 heavy (non-hydrogen) atoms. The van der Waals surface area contributed by atoms with Crippen LogP contribution in [-0.4, -0.2) is 23.3 Å². The van der Waals surface area contributed by atoms with Gasteiger partial charge in [-0.25, -0.2) is 0 Å². The maximum Gasteiger partial charge on any atom is 0.117 e. The van der Waals surface area contributed by atoms with E-state index in [0.717, 1.165) is 37.3 Å². The van der Waals surface area contributed by atoms with E-state index in [9.17, 15) is 0 Å². The van der Waals surface area contributed by atoms with E-state index in [2.05, 4.69) is 22.4 Å². The third kappa shape index (κ3) is 3.34. The molecule has 2 fully saturated rings. The molecule has 4 heteroatoms. The van der Waals surface area contributed by atoms with Crippen molar-refractivity contribution in [3.05, 3.63) is 10.0 Å². The molecule has 3 unspecified atom stereocenters. The minimum Gasteiger partial charge on any atom is -0.317 e. The van der Waals surface area contributed by atoms with Gasteiger partial charge in [-0.15, -0.1) is 21.5 Å². The number of aromatic nitrogens is 2. The zero-order valence-corrected chi connectivity index (χ0v) is 12.7. The normalized spacial score (nSPS) is 29.2. The fraction of sp³-hybridized carbons (Fsp3) is 0.867. The van der Waals surface area contributed by atoms with E-state index in [0.29, 0.717) is 0 Å². The molecule has 0 spiro atoms. The lowest BCUT2D eigenvalue weighted by molar-refractivity contribution is 0.331. The maximum absolute atomic E-state index is 4.41. The molecule has 0 aromatic carbocycles. The van der Waals surface area contributed by atoms with Crippen molar-refractivity contribution in [2.75, 3.05) is 13.1 Å². The Morgan fingerprint density at radius 3 is 2.84 bits per heavy atom. The first-order valence-corrected chi connectivity index (χ1v) is 8.68. The van der Waals surface area contributed by atoms with Crippen LogP contribution in [0.2, 0.25) is 0 Å². The summed E-state index contributed by atoms with van der Waals surface area (Å²) in [7, 11) is 0. The van der Waals surface area contributed by atoms with Crippen molar-refractivity contribution in [3.8, 4) is 0 Å². The molecule has 2 aliphatic rings. The van der Waals surface area contributed by atoms with Crippen LogP contribution in [-0.2, 0) is 12.8 Å². The molecule has 0 saturated heterocycles. The van der Waals surface area contributed by atoms with Crippen LogP contribution in [0.1, 0.15) is 49.0 Å². The fourth-order valence-corrected chi connectivity index (χ4v) is 4.84. The van der Waals surface area contributed by atoms with Gasteiger partial charge in [-0.2, -0.15) is 0 Å². The SMILES string of the molecule is CCNCCCc1nnc(CC2CC3CCC2C3)s1. The van der Waals surface area contributed by atoms with Gasteiger partial charge >= 0.3 is 0 Å². The lowest BCUT2D eigenvalue weighted by Crippen LogP contribution is -2.14. The van der Waals surface area contributed by atoms with Crippen LogP contribution in [0.15, 0.2) is 0 Å². The Morgan fingerprint density at radius 2 is 2.11 bits per heavy atom. The molecule has 1 aromatic rings. The van der Waals surface area contributed by atoms with E-state index >= 15 is 0 Å². The van der Waals surface area contributed by atoms with Crippen molar-refractivity contribution in [1.82, 2.24) is 15.5 Å². The smallest absolute Gasteiger partial charge is 0.117 e. The minimum atomic E-state index is 0.918. The van der Waals surface area contributed by atoms with Crippen LogP contribution in [0.5, 0.6) is 0 Å². The molecular formula is C15H25N3S. The van der Waals surface area contributed by atoms with Gasteiger partial charge in [-0.05, 0) is 56.5 Å². The number of hydrogen-bond acceptors (Lipinski definition) is 4. The molecule has 106 valence electrons. The van der Waals surface area contributed by atoms with Crippen molar-refractivity contribution in [2.45, 2.75) is 51.9 Å². The second-order valence-corrected chi connectivity index (χ2v) is 7.33. The summed E-state index contributed by atoms with van der Waals surface area (Å²) in [5.41, 5.74) is 0. The highest BCUT2D eigenvalue weighted by molar-refractivity contribution is 7.11. The van der Waals surface area contributed by atoms with Gasteiger partial charge < -0.3 is 5.32 Å². The standard InChI is InChI=1S/C15H25N3S/c1-2-16-7-3-4-14-17-18-15(19-14)10-13-9-11-5-6-12(13)8-11/h11-13,16H,2-10H2,1H3. The Hall–Kier alpha value is -0.480. The number of rotatable bonds is 7. The Morgan fingerprint density at radius 1 is 1.21 bits per heavy atom. The van der Waals surface area contributed by atoms with Gasteiger partial charge in [0.1, 0.15) is 10.0 Å². The Labute approximate surface area is 120 Å². The number of nitrogens with zero attached hydrogens (tertiary/aromatic N) is 2. The first-order valence-electron chi connectivity index (χ1n) is 7.87. The van der Waals surface area contributed by atoms with Gasteiger partial charge in [0.2, 0.25) is 0 Å². The molecule has 1 N–H and O–H groups in total. The highest BCUT2D eigenvalue weighted by Crippen LogP contribution is 2.49. The molecule has 1 aromatic heterocycles. The van der Waals surface area contributed by atoms with E-state index < -0.39 is 0 Å².